The Hall–Kier alpha value is -1.54. The number of rotatable bonds is 3. The summed E-state index contributed by atoms with van der Waals surface area (Å²) in [5.41, 5.74) is -0.510. The van der Waals surface area contributed by atoms with Crippen LogP contribution in [0, 0.1) is 11.3 Å². The van der Waals surface area contributed by atoms with Crippen molar-refractivity contribution in [3.63, 3.8) is 0 Å². The molecule has 0 aliphatic carbocycles. The van der Waals surface area contributed by atoms with Gasteiger partial charge in [-0.3, -0.25) is 5.32 Å². The van der Waals surface area contributed by atoms with Gasteiger partial charge in [0.1, 0.15) is 0 Å². The molecular weight excluding hydrogens is 217 g/mol. The van der Waals surface area contributed by atoms with E-state index in [0.29, 0.717) is 0 Å². The van der Waals surface area contributed by atoms with Crippen LogP contribution in [0.4, 0.5) is 13.2 Å². The zero-order chi connectivity index (χ0) is 12.2. The predicted molar refractivity (Wildman–Crippen MR) is 53.4 cm³/mol. The molecule has 1 atom stereocenters. The summed E-state index contributed by atoms with van der Waals surface area (Å²) < 4.78 is 37.7. The van der Waals surface area contributed by atoms with Crippen LogP contribution in [-0.4, -0.2) is 6.04 Å². The number of alkyl halides is 3. The molecule has 1 aromatic carbocycles. The second kappa shape index (κ2) is 4.99. The molecule has 0 amide bonds. The molecule has 0 aromatic heterocycles. The standard InChI is InChI=1S/C11H11F3N2/c1-8(6-15)16-7-9-4-2-3-5-10(9)11(12,13)14/h2-5,8,16H,7H2,1H3. The quantitative estimate of drug-likeness (QED) is 0.863. The summed E-state index contributed by atoms with van der Waals surface area (Å²) in [4.78, 5) is 0. The van der Waals surface area contributed by atoms with Crippen molar-refractivity contribution in [1.82, 2.24) is 5.32 Å². The summed E-state index contributed by atoms with van der Waals surface area (Å²) in [5.74, 6) is 0. The van der Waals surface area contributed by atoms with Crippen LogP contribution >= 0.6 is 0 Å². The van der Waals surface area contributed by atoms with Crippen LogP contribution in [0.25, 0.3) is 0 Å². The largest absolute Gasteiger partial charge is 0.416 e. The van der Waals surface area contributed by atoms with Crippen molar-refractivity contribution in [3.05, 3.63) is 35.4 Å². The molecule has 0 bridgehead atoms. The Morgan fingerprint density at radius 2 is 2.00 bits per heavy atom. The Kier molecular flexibility index (Phi) is 3.91. The zero-order valence-electron chi connectivity index (χ0n) is 8.67. The van der Waals surface area contributed by atoms with E-state index in [4.69, 9.17) is 5.26 Å². The van der Waals surface area contributed by atoms with Gasteiger partial charge in [-0.05, 0) is 18.6 Å². The normalized spacial score (nSPS) is 13.2. The number of hydrogen-bond acceptors (Lipinski definition) is 2. The number of nitriles is 1. The lowest BCUT2D eigenvalue weighted by molar-refractivity contribution is -0.138. The third-order valence-corrected chi connectivity index (χ3v) is 2.12. The Bertz CT molecular complexity index is 393. The smallest absolute Gasteiger partial charge is 0.298 e. The van der Waals surface area contributed by atoms with Crippen molar-refractivity contribution in [2.45, 2.75) is 25.7 Å². The lowest BCUT2D eigenvalue weighted by atomic mass is 10.1. The van der Waals surface area contributed by atoms with E-state index in [2.05, 4.69) is 5.32 Å². The lowest BCUT2D eigenvalue weighted by Crippen LogP contribution is -2.25. The molecule has 0 spiro atoms. The molecule has 0 aliphatic rings. The average Bonchev–Trinajstić information content (AvgIpc) is 2.25. The van der Waals surface area contributed by atoms with E-state index in [-0.39, 0.29) is 12.1 Å². The zero-order valence-corrected chi connectivity index (χ0v) is 8.67. The minimum absolute atomic E-state index is 0.0322. The average molecular weight is 228 g/mol. The van der Waals surface area contributed by atoms with Crippen LogP contribution in [0.2, 0.25) is 0 Å². The molecule has 86 valence electrons. The van der Waals surface area contributed by atoms with E-state index >= 15 is 0 Å². The van der Waals surface area contributed by atoms with Crippen molar-refractivity contribution in [1.29, 1.82) is 5.26 Å². The molecule has 1 aromatic rings. The number of hydrogen-bond donors (Lipinski definition) is 1. The SMILES string of the molecule is CC(C#N)NCc1ccccc1C(F)(F)F. The maximum absolute atomic E-state index is 12.6. The van der Waals surface area contributed by atoms with Gasteiger partial charge in [0.25, 0.3) is 0 Å². The highest BCUT2D eigenvalue weighted by Gasteiger charge is 2.32. The topological polar surface area (TPSA) is 35.8 Å². The van der Waals surface area contributed by atoms with Crippen molar-refractivity contribution in [2.75, 3.05) is 0 Å². The van der Waals surface area contributed by atoms with Gasteiger partial charge >= 0.3 is 6.18 Å². The molecule has 0 saturated carbocycles. The molecule has 2 nitrogen and oxygen atoms in total. The molecule has 0 saturated heterocycles. The number of nitrogens with zero attached hydrogens (tertiary/aromatic N) is 1. The molecule has 0 aliphatic heterocycles. The summed E-state index contributed by atoms with van der Waals surface area (Å²) in [7, 11) is 0. The first-order chi connectivity index (χ1) is 7.45. The lowest BCUT2D eigenvalue weighted by Gasteiger charge is -2.13. The van der Waals surface area contributed by atoms with E-state index in [1.807, 2.05) is 6.07 Å². The van der Waals surface area contributed by atoms with E-state index in [9.17, 15) is 13.2 Å². The molecule has 0 fully saturated rings. The first-order valence-electron chi connectivity index (χ1n) is 4.73. The van der Waals surface area contributed by atoms with Crippen LogP contribution in [-0.2, 0) is 12.7 Å². The molecular formula is C11H11F3N2. The number of benzene rings is 1. The minimum Gasteiger partial charge on any atom is -0.298 e. The molecule has 5 heteroatoms. The highest BCUT2D eigenvalue weighted by atomic mass is 19.4. The maximum Gasteiger partial charge on any atom is 0.416 e. The second-order valence-electron chi connectivity index (χ2n) is 3.39. The first kappa shape index (κ1) is 12.5. The third-order valence-electron chi connectivity index (χ3n) is 2.12. The van der Waals surface area contributed by atoms with Gasteiger partial charge < -0.3 is 0 Å². The van der Waals surface area contributed by atoms with Gasteiger partial charge in [-0.2, -0.15) is 18.4 Å². The summed E-state index contributed by atoms with van der Waals surface area (Å²) >= 11 is 0. The monoisotopic (exact) mass is 228 g/mol. The summed E-state index contributed by atoms with van der Waals surface area (Å²) in [6.07, 6.45) is -4.35. The van der Waals surface area contributed by atoms with Gasteiger partial charge in [0, 0.05) is 6.54 Å². The van der Waals surface area contributed by atoms with Crippen molar-refractivity contribution in [3.8, 4) is 6.07 Å². The molecule has 1 N–H and O–H groups in total. The number of nitrogens with one attached hydrogen (secondary N) is 1. The van der Waals surface area contributed by atoms with Gasteiger partial charge in [-0.15, -0.1) is 0 Å². The molecule has 16 heavy (non-hydrogen) atoms. The maximum atomic E-state index is 12.6. The van der Waals surface area contributed by atoms with Crippen LogP contribution in [0.15, 0.2) is 24.3 Å². The van der Waals surface area contributed by atoms with E-state index in [0.717, 1.165) is 6.07 Å². The fourth-order valence-corrected chi connectivity index (χ4v) is 1.26. The summed E-state index contributed by atoms with van der Waals surface area (Å²) in [6, 6.07) is 6.76. The Labute approximate surface area is 91.7 Å². The Morgan fingerprint density at radius 1 is 1.38 bits per heavy atom. The fourth-order valence-electron chi connectivity index (χ4n) is 1.26. The van der Waals surface area contributed by atoms with Crippen molar-refractivity contribution >= 4 is 0 Å². The molecule has 1 unspecified atom stereocenters. The van der Waals surface area contributed by atoms with Crippen LogP contribution in [0.5, 0.6) is 0 Å². The van der Waals surface area contributed by atoms with Gasteiger partial charge in [0.05, 0.1) is 17.7 Å². The van der Waals surface area contributed by atoms with Crippen LogP contribution < -0.4 is 5.32 Å². The third kappa shape index (κ3) is 3.24. The van der Waals surface area contributed by atoms with Crippen molar-refractivity contribution < 1.29 is 13.2 Å². The highest BCUT2D eigenvalue weighted by molar-refractivity contribution is 5.29. The summed E-state index contributed by atoms with van der Waals surface area (Å²) in [5, 5.41) is 11.2. The minimum atomic E-state index is -4.35. The summed E-state index contributed by atoms with van der Waals surface area (Å²) in [6.45, 7) is 1.63. The van der Waals surface area contributed by atoms with Crippen molar-refractivity contribution in [2.24, 2.45) is 0 Å². The van der Waals surface area contributed by atoms with Gasteiger partial charge in [0.2, 0.25) is 0 Å². The number of halogens is 3. The molecule has 0 radical (unpaired) electrons. The van der Waals surface area contributed by atoms with Gasteiger partial charge in [-0.1, -0.05) is 18.2 Å². The van der Waals surface area contributed by atoms with E-state index in [1.165, 1.54) is 12.1 Å². The molecule has 1 rings (SSSR count). The van der Waals surface area contributed by atoms with Gasteiger partial charge in [0.15, 0.2) is 0 Å². The van der Waals surface area contributed by atoms with E-state index in [1.54, 1.807) is 13.0 Å². The molecule has 0 heterocycles. The highest BCUT2D eigenvalue weighted by Crippen LogP contribution is 2.31. The first-order valence-corrected chi connectivity index (χ1v) is 4.73. The second-order valence-corrected chi connectivity index (χ2v) is 3.39. The predicted octanol–water partition coefficient (Wildman–Crippen LogP) is 2.71. The van der Waals surface area contributed by atoms with E-state index < -0.39 is 17.8 Å². The van der Waals surface area contributed by atoms with Crippen LogP contribution in [0.3, 0.4) is 0 Å². The fraction of sp³-hybridized carbons (Fsp3) is 0.364. The Morgan fingerprint density at radius 3 is 2.56 bits per heavy atom. The van der Waals surface area contributed by atoms with Crippen LogP contribution in [0.1, 0.15) is 18.1 Å². The van der Waals surface area contributed by atoms with Gasteiger partial charge in [-0.25, -0.2) is 0 Å². The Balaban J connectivity index is 2.85.